The third kappa shape index (κ3) is 3.25. The second-order valence-corrected chi connectivity index (χ2v) is 5.11. The summed E-state index contributed by atoms with van der Waals surface area (Å²) in [6.07, 6.45) is 4.13. The lowest BCUT2D eigenvalue weighted by molar-refractivity contribution is 0.0945. The molecule has 0 aliphatic carbocycles. The van der Waals surface area contributed by atoms with Gasteiger partial charge in [0.15, 0.2) is 0 Å². The van der Waals surface area contributed by atoms with Crippen LogP contribution in [0, 0.1) is 6.92 Å². The lowest BCUT2D eigenvalue weighted by atomic mass is 10.3. The minimum Gasteiger partial charge on any atom is -0.345 e. The highest BCUT2D eigenvalue weighted by Gasteiger charge is 2.12. The van der Waals surface area contributed by atoms with E-state index in [-0.39, 0.29) is 5.91 Å². The Morgan fingerprint density at radius 3 is 3.14 bits per heavy atom. The molecule has 2 N–H and O–H groups in total. The Bertz CT molecular complexity index is 610. The number of nitrogens with zero attached hydrogens (tertiary/aromatic N) is 4. The monoisotopic (exact) mass is 286 g/mol. The summed E-state index contributed by atoms with van der Waals surface area (Å²) < 4.78 is 2.01. The quantitative estimate of drug-likeness (QED) is 0.853. The van der Waals surface area contributed by atoms with Crippen LogP contribution in [0.2, 0.25) is 0 Å². The minimum absolute atomic E-state index is 0.233. The van der Waals surface area contributed by atoms with Crippen molar-refractivity contribution in [2.24, 2.45) is 0 Å². The SMILES string of the molecule is Cc1cnc(C(=O)NCc2cc3n(n2)CCCNC3)cn1. The zero-order valence-corrected chi connectivity index (χ0v) is 12.0. The molecule has 110 valence electrons. The number of aryl methyl sites for hydroxylation is 2. The van der Waals surface area contributed by atoms with E-state index in [4.69, 9.17) is 0 Å². The summed E-state index contributed by atoms with van der Waals surface area (Å²) in [5, 5.41) is 10.7. The summed E-state index contributed by atoms with van der Waals surface area (Å²) in [6.45, 7) is 4.99. The topological polar surface area (TPSA) is 84.7 Å². The molecule has 7 nitrogen and oxygen atoms in total. The van der Waals surface area contributed by atoms with Gasteiger partial charge in [0.25, 0.3) is 5.91 Å². The number of fused-ring (bicyclic) bond motifs is 1. The van der Waals surface area contributed by atoms with Gasteiger partial charge >= 0.3 is 0 Å². The van der Waals surface area contributed by atoms with Gasteiger partial charge in [-0.1, -0.05) is 0 Å². The van der Waals surface area contributed by atoms with E-state index in [1.165, 1.54) is 6.20 Å². The van der Waals surface area contributed by atoms with Gasteiger partial charge in [-0.2, -0.15) is 5.10 Å². The molecule has 0 radical (unpaired) electrons. The standard InChI is InChI=1S/C14H18N6O/c1-10-6-17-13(9-16-10)14(21)18-7-11-5-12-8-15-3-2-4-20(12)19-11/h5-6,9,15H,2-4,7-8H2,1H3,(H,18,21). The summed E-state index contributed by atoms with van der Waals surface area (Å²) in [7, 11) is 0. The molecule has 21 heavy (non-hydrogen) atoms. The first-order valence-corrected chi connectivity index (χ1v) is 7.05. The number of aromatic nitrogens is 4. The van der Waals surface area contributed by atoms with Gasteiger partial charge in [0.1, 0.15) is 5.69 Å². The van der Waals surface area contributed by atoms with Crippen LogP contribution in [-0.2, 0) is 19.6 Å². The molecule has 0 saturated heterocycles. The van der Waals surface area contributed by atoms with Gasteiger partial charge in [0.2, 0.25) is 0 Å². The van der Waals surface area contributed by atoms with Gasteiger partial charge < -0.3 is 10.6 Å². The van der Waals surface area contributed by atoms with Crippen molar-refractivity contribution >= 4 is 5.91 Å². The molecule has 0 saturated carbocycles. The van der Waals surface area contributed by atoms with Crippen LogP contribution in [0.5, 0.6) is 0 Å². The highest BCUT2D eigenvalue weighted by atomic mass is 16.1. The van der Waals surface area contributed by atoms with Crippen LogP contribution in [0.25, 0.3) is 0 Å². The molecule has 1 aliphatic heterocycles. The first-order chi connectivity index (χ1) is 10.2. The molecule has 0 fully saturated rings. The zero-order chi connectivity index (χ0) is 14.7. The van der Waals surface area contributed by atoms with Crippen LogP contribution in [0.3, 0.4) is 0 Å². The summed E-state index contributed by atoms with van der Waals surface area (Å²) >= 11 is 0. The maximum absolute atomic E-state index is 12.0. The second kappa shape index (κ2) is 6.01. The highest BCUT2D eigenvalue weighted by molar-refractivity contribution is 5.91. The normalized spacial score (nSPS) is 14.3. The van der Waals surface area contributed by atoms with Gasteiger partial charge in [-0.3, -0.25) is 14.5 Å². The fourth-order valence-electron chi connectivity index (χ4n) is 2.28. The van der Waals surface area contributed by atoms with Crippen LogP contribution >= 0.6 is 0 Å². The van der Waals surface area contributed by atoms with E-state index in [0.29, 0.717) is 12.2 Å². The van der Waals surface area contributed by atoms with Crippen molar-refractivity contribution in [3.63, 3.8) is 0 Å². The molecule has 0 unspecified atom stereocenters. The molecule has 0 aromatic carbocycles. The molecular formula is C14H18N6O. The molecule has 7 heteroatoms. The number of hydrogen-bond acceptors (Lipinski definition) is 5. The molecule has 2 aromatic heterocycles. The largest absolute Gasteiger partial charge is 0.345 e. The first kappa shape index (κ1) is 13.7. The van der Waals surface area contributed by atoms with E-state index in [0.717, 1.165) is 43.1 Å². The molecule has 3 rings (SSSR count). The third-order valence-electron chi connectivity index (χ3n) is 3.39. The van der Waals surface area contributed by atoms with Gasteiger partial charge in [-0.15, -0.1) is 0 Å². The Kier molecular flexibility index (Phi) is 3.92. The fourth-order valence-corrected chi connectivity index (χ4v) is 2.28. The molecule has 0 bridgehead atoms. The van der Waals surface area contributed by atoms with E-state index in [1.807, 2.05) is 17.7 Å². The zero-order valence-electron chi connectivity index (χ0n) is 12.0. The lowest BCUT2D eigenvalue weighted by Gasteiger charge is -2.02. The highest BCUT2D eigenvalue weighted by Crippen LogP contribution is 2.08. The van der Waals surface area contributed by atoms with E-state index in [1.54, 1.807) is 6.20 Å². The van der Waals surface area contributed by atoms with Crippen LogP contribution in [0.4, 0.5) is 0 Å². The van der Waals surface area contributed by atoms with Gasteiger partial charge in [-0.25, -0.2) is 4.98 Å². The van der Waals surface area contributed by atoms with E-state index < -0.39 is 0 Å². The smallest absolute Gasteiger partial charge is 0.271 e. The average molecular weight is 286 g/mol. The average Bonchev–Trinajstić information content (AvgIpc) is 2.75. The van der Waals surface area contributed by atoms with Crippen LogP contribution in [0.1, 0.15) is 34.0 Å². The predicted octanol–water partition coefficient (Wildman–Crippen LogP) is 0.405. The molecule has 3 heterocycles. The van der Waals surface area contributed by atoms with Crippen molar-refractivity contribution in [2.75, 3.05) is 6.54 Å². The molecule has 2 aromatic rings. The van der Waals surface area contributed by atoms with Crippen molar-refractivity contribution in [2.45, 2.75) is 33.0 Å². The minimum atomic E-state index is -0.233. The number of amides is 1. The van der Waals surface area contributed by atoms with Crippen molar-refractivity contribution < 1.29 is 4.79 Å². The summed E-state index contributed by atoms with van der Waals surface area (Å²) in [6, 6.07) is 2.03. The Balaban J connectivity index is 1.62. The van der Waals surface area contributed by atoms with Gasteiger partial charge in [0.05, 0.1) is 29.8 Å². The molecule has 0 spiro atoms. The van der Waals surface area contributed by atoms with E-state index >= 15 is 0 Å². The fraction of sp³-hybridized carbons (Fsp3) is 0.429. The van der Waals surface area contributed by atoms with Crippen LogP contribution < -0.4 is 10.6 Å². The van der Waals surface area contributed by atoms with Crippen molar-refractivity contribution in [1.29, 1.82) is 0 Å². The first-order valence-electron chi connectivity index (χ1n) is 7.05. The number of carbonyl (C=O) groups is 1. The lowest BCUT2D eigenvalue weighted by Crippen LogP contribution is -2.24. The van der Waals surface area contributed by atoms with Gasteiger partial charge in [0, 0.05) is 19.3 Å². The van der Waals surface area contributed by atoms with Crippen molar-refractivity contribution in [1.82, 2.24) is 30.4 Å². The summed E-state index contributed by atoms with van der Waals surface area (Å²) in [4.78, 5) is 20.1. The molecule has 0 atom stereocenters. The van der Waals surface area contributed by atoms with Crippen molar-refractivity contribution in [3.05, 3.63) is 41.2 Å². The number of carbonyl (C=O) groups excluding carboxylic acids is 1. The predicted molar refractivity (Wildman–Crippen MR) is 76.5 cm³/mol. The van der Waals surface area contributed by atoms with Crippen molar-refractivity contribution in [3.8, 4) is 0 Å². The Labute approximate surface area is 122 Å². The van der Waals surface area contributed by atoms with E-state index in [2.05, 4.69) is 25.7 Å². The Hall–Kier alpha value is -2.28. The van der Waals surface area contributed by atoms with Crippen LogP contribution in [0.15, 0.2) is 18.5 Å². The summed E-state index contributed by atoms with van der Waals surface area (Å²) in [5.41, 5.74) is 3.13. The summed E-state index contributed by atoms with van der Waals surface area (Å²) in [5.74, 6) is -0.233. The number of hydrogen-bond donors (Lipinski definition) is 2. The number of nitrogens with one attached hydrogen (secondary N) is 2. The second-order valence-electron chi connectivity index (χ2n) is 5.11. The molecule has 1 amide bonds. The maximum atomic E-state index is 12.0. The van der Waals surface area contributed by atoms with E-state index in [9.17, 15) is 4.79 Å². The van der Waals surface area contributed by atoms with Gasteiger partial charge in [-0.05, 0) is 26.0 Å². The third-order valence-corrected chi connectivity index (χ3v) is 3.39. The number of rotatable bonds is 3. The Morgan fingerprint density at radius 2 is 2.33 bits per heavy atom. The van der Waals surface area contributed by atoms with Crippen LogP contribution in [-0.4, -0.2) is 32.2 Å². The molecular weight excluding hydrogens is 268 g/mol. The maximum Gasteiger partial charge on any atom is 0.271 e. The Morgan fingerprint density at radius 1 is 1.43 bits per heavy atom. The molecule has 1 aliphatic rings.